The molecule has 2 amide bonds. The smallest absolute Gasteiger partial charge is 0.225 e. The van der Waals surface area contributed by atoms with Crippen LogP contribution in [0.3, 0.4) is 0 Å². The van der Waals surface area contributed by atoms with Gasteiger partial charge in [-0.3, -0.25) is 14.5 Å². The summed E-state index contributed by atoms with van der Waals surface area (Å²) >= 11 is 0. The number of aromatic nitrogens is 1. The maximum Gasteiger partial charge on any atom is 0.225 e. The molecule has 160 valence electrons. The number of aliphatic hydroxyl groups is 1. The standard InChI is InChI=1S/C21H32N4O4/c26-19(23-18-5-1-2-10-22-18)6-3-7-20(27)25-11-4-8-21(28,9-12-25)17-24-13-15-29-16-14-24/h1-2,5,10,28H,3-4,6-9,11-17H2,(H,22,23,26). The molecule has 0 aromatic carbocycles. The largest absolute Gasteiger partial charge is 0.388 e. The fraction of sp³-hybridized carbons (Fsp3) is 0.667. The van der Waals surface area contributed by atoms with Crippen LogP contribution in [0.25, 0.3) is 0 Å². The highest BCUT2D eigenvalue weighted by atomic mass is 16.5. The van der Waals surface area contributed by atoms with Crippen LogP contribution in [0.5, 0.6) is 0 Å². The number of ether oxygens (including phenoxy) is 1. The van der Waals surface area contributed by atoms with E-state index in [-0.39, 0.29) is 18.2 Å². The van der Waals surface area contributed by atoms with E-state index in [1.165, 1.54) is 0 Å². The van der Waals surface area contributed by atoms with Crippen LogP contribution in [0.4, 0.5) is 5.82 Å². The van der Waals surface area contributed by atoms with Crippen LogP contribution < -0.4 is 5.32 Å². The van der Waals surface area contributed by atoms with Crippen molar-refractivity contribution in [2.24, 2.45) is 0 Å². The third kappa shape index (κ3) is 7.06. The summed E-state index contributed by atoms with van der Waals surface area (Å²) in [5.74, 6) is 0.453. The van der Waals surface area contributed by atoms with Gasteiger partial charge in [0, 0.05) is 51.8 Å². The SMILES string of the molecule is O=C(CCCC(=O)N1CCCC(O)(CN2CCOCC2)CC1)Nc1ccccn1. The number of hydrogen-bond acceptors (Lipinski definition) is 6. The van der Waals surface area contributed by atoms with Gasteiger partial charge in [-0.1, -0.05) is 6.07 Å². The second-order valence-corrected chi connectivity index (χ2v) is 7.96. The van der Waals surface area contributed by atoms with E-state index in [1.54, 1.807) is 18.3 Å². The van der Waals surface area contributed by atoms with Gasteiger partial charge < -0.3 is 20.1 Å². The number of likely N-dealkylation sites (tertiary alicyclic amines) is 1. The van der Waals surface area contributed by atoms with Gasteiger partial charge in [-0.15, -0.1) is 0 Å². The summed E-state index contributed by atoms with van der Waals surface area (Å²) < 4.78 is 5.37. The summed E-state index contributed by atoms with van der Waals surface area (Å²) in [5, 5.41) is 13.7. The molecule has 2 fully saturated rings. The number of carbonyl (C=O) groups is 2. The van der Waals surface area contributed by atoms with Crippen molar-refractivity contribution in [1.82, 2.24) is 14.8 Å². The fourth-order valence-electron chi connectivity index (χ4n) is 3.96. The molecule has 8 heteroatoms. The Morgan fingerprint density at radius 3 is 2.72 bits per heavy atom. The van der Waals surface area contributed by atoms with Gasteiger partial charge in [0.2, 0.25) is 11.8 Å². The van der Waals surface area contributed by atoms with Crippen molar-refractivity contribution < 1.29 is 19.4 Å². The first-order valence-electron chi connectivity index (χ1n) is 10.6. The van der Waals surface area contributed by atoms with E-state index in [9.17, 15) is 14.7 Å². The minimum absolute atomic E-state index is 0.0614. The molecule has 3 rings (SSSR count). The van der Waals surface area contributed by atoms with Crippen molar-refractivity contribution in [3.05, 3.63) is 24.4 Å². The van der Waals surface area contributed by atoms with Gasteiger partial charge in [0.15, 0.2) is 0 Å². The highest BCUT2D eigenvalue weighted by Crippen LogP contribution is 2.24. The number of nitrogens with zero attached hydrogens (tertiary/aromatic N) is 3. The number of anilines is 1. The predicted molar refractivity (Wildman–Crippen MR) is 109 cm³/mol. The number of pyridine rings is 1. The van der Waals surface area contributed by atoms with E-state index in [0.717, 1.165) is 19.5 Å². The first-order valence-corrected chi connectivity index (χ1v) is 10.6. The van der Waals surface area contributed by atoms with Crippen LogP contribution in [0.15, 0.2) is 24.4 Å². The number of rotatable bonds is 7. The molecule has 3 heterocycles. The van der Waals surface area contributed by atoms with Crippen LogP contribution in [0, 0.1) is 0 Å². The van der Waals surface area contributed by atoms with Gasteiger partial charge >= 0.3 is 0 Å². The van der Waals surface area contributed by atoms with E-state index in [2.05, 4.69) is 15.2 Å². The Balaban J connectivity index is 1.38. The Morgan fingerprint density at radius 2 is 1.97 bits per heavy atom. The molecule has 0 radical (unpaired) electrons. The average Bonchev–Trinajstić information content (AvgIpc) is 2.91. The van der Waals surface area contributed by atoms with Crippen molar-refractivity contribution in [3.63, 3.8) is 0 Å². The fourth-order valence-corrected chi connectivity index (χ4v) is 3.96. The van der Waals surface area contributed by atoms with Crippen LogP contribution >= 0.6 is 0 Å². The molecular weight excluding hydrogens is 372 g/mol. The minimum atomic E-state index is -0.741. The van der Waals surface area contributed by atoms with Crippen molar-refractivity contribution in [1.29, 1.82) is 0 Å². The first-order chi connectivity index (χ1) is 14.0. The summed E-state index contributed by atoms with van der Waals surface area (Å²) in [6.45, 7) is 5.02. The molecule has 1 aromatic rings. The molecule has 0 spiro atoms. The lowest BCUT2D eigenvalue weighted by Crippen LogP contribution is -2.48. The van der Waals surface area contributed by atoms with Gasteiger partial charge in [-0.25, -0.2) is 4.98 Å². The van der Waals surface area contributed by atoms with Crippen LogP contribution in [0.1, 0.15) is 38.5 Å². The Morgan fingerprint density at radius 1 is 1.14 bits per heavy atom. The number of nitrogens with one attached hydrogen (secondary N) is 1. The summed E-state index contributed by atoms with van der Waals surface area (Å²) in [5.41, 5.74) is -0.741. The Hall–Kier alpha value is -2.03. The summed E-state index contributed by atoms with van der Waals surface area (Å²) in [6, 6.07) is 5.33. The molecule has 2 saturated heterocycles. The quantitative estimate of drug-likeness (QED) is 0.711. The lowest BCUT2D eigenvalue weighted by molar-refractivity contribution is -0.131. The normalized spacial score (nSPS) is 23.4. The molecule has 1 aromatic heterocycles. The summed E-state index contributed by atoms with van der Waals surface area (Å²) in [7, 11) is 0. The van der Waals surface area contributed by atoms with Crippen LogP contribution in [-0.4, -0.2) is 83.2 Å². The summed E-state index contributed by atoms with van der Waals surface area (Å²) in [6.07, 6.45) is 4.86. The zero-order chi connectivity index (χ0) is 20.5. The molecule has 1 unspecified atom stereocenters. The van der Waals surface area contributed by atoms with Gasteiger partial charge in [-0.2, -0.15) is 0 Å². The molecule has 1 atom stereocenters. The van der Waals surface area contributed by atoms with Crippen molar-refractivity contribution in [2.75, 3.05) is 51.3 Å². The molecule has 29 heavy (non-hydrogen) atoms. The number of β-amino-alcohol motifs (C(OH)–C–C–N with tert-alkyl or cyclic N) is 1. The van der Waals surface area contributed by atoms with E-state index < -0.39 is 5.60 Å². The molecule has 2 aliphatic rings. The highest BCUT2D eigenvalue weighted by molar-refractivity contribution is 5.90. The van der Waals surface area contributed by atoms with E-state index in [0.29, 0.717) is 64.3 Å². The molecule has 0 bridgehead atoms. The van der Waals surface area contributed by atoms with Crippen LogP contribution in [-0.2, 0) is 14.3 Å². The van der Waals surface area contributed by atoms with Crippen molar-refractivity contribution in [2.45, 2.75) is 44.1 Å². The number of hydrogen-bond donors (Lipinski definition) is 2. The second-order valence-electron chi connectivity index (χ2n) is 7.96. The second kappa shape index (κ2) is 10.7. The molecule has 2 aliphatic heterocycles. The first kappa shape index (κ1) is 21.7. The molecule has 0 aliphatic carbocycles. The highest BCUT2D eigenvalue weighted by Gasteiger charge is 2.33. The zero-order valence-electron chi connectivity index (χ0n) is 17.0. The molecule has 8 nitrogen and oxygen atoms in total. The van der Waals surface area contributed by atoms with Gasteiger partial charge in [0.05, 0.1) is 18.8 Å². The van der Waals surface area contributed by atoms with Gasteiger partial charge in [0.1, 0.15) is 5.82 Å². The lowest BCUT2D eigenvalue weighted by atomic mass is 9.94. The number of amides is 2. The maximum atomic E-state index is 12.6. The Bertz CT molecular complexity index is 666. The third-order valence-corrected chi connectivity index (χ3v) is 5.62. The van der Waals surface area contributed by atoms with E-state index in [4.69, 9.17) is 4.74 Å². The predicted octanol–water partition coefficient (Wildman–Crippen LogP) is 1.27. The number of morpholine rings is 1. The Labute approximate surface area is 172 Å². The lowest BCUT2D eigenvalue weighted by Gasteiger charge is -2.35. The molecule has 0 saturated carbocycles. The number of carbonyl (C=O) groups excluding carboxylic acids is 2. The average molecular weight is 405 g/mol. The van der Waals surface area contributed by atoms with E-state index in [1.807, 2.05) is 11.0 Å². The van der Waals surface area contributed by atoms with E-state index >= 15 is 0 Å². The minimum Gasteiger partial charge on any atom is -0.388 e. The molecule has 2 N–H and O–H groups in total. The monoisotopic (exact) mass is 404 g/mol. The van der Waals surface area contributed by atoms with Crippen molar-refractivity contribution >= 4 is 17.6 Å². The molecular formula is C21H32N4O4. The zero-order valence-corrected chi connectivity index (χ0v) is 17.0. The van der Waals surface area contributed by atoms with Crippen molar-refractivity contribution in [3.8, 4) is 0 Å². The Kier molecular flexibility index (Phi) is 7.97. The summed E-state index contributed by atoms with van der Waals surface area (Å²) in [4.78, 5) is 32.7. The van der Waals surface area contributed by atoms with Gasteiger partial charge in [0.25, 0.3) is 0 Å². The topological polar surface area (TPSA) is 95.0 Å². The van der Waals surface area contributed by atoms with Gasteiger partial charge in [-0.05, 0) is 37.8 Å². The van der Waals surface area contributed by atoms with Crippen LogP contribution in [0.2, 0.25) is 0 Å². The maximum absolute atomic E-state index is 12.6. The third-order valence-electron chi connectivity index (χ3n) is 5.62.